The molecule has 154 valence electrons. The fraction of sp³-hybridized carbons (Fsp3) is 0.391. The monoisotopic (exact) mass is 396 g/mol. The Morgan fingerprint density at radius 1 is 0.931 bits per heavy atom. The van der Waals surface area contributed by atoms with Gasteiger partial charge in [-0.2, -0.15) is 0 Å². The topological polar surface area (TPSA) is 76.7 Å². The smallest absolute Gasteiger partial charge is 0.407 e. The molecule has 0 aromatic heterocycles. The van der Waals surface area contributed by atoms with Crippen LogP contribution in [-0.4, -0.2) is 44.9 Å². The molecule has 0 radical (unpaired) electrons. The Morgan fingerprint density at radius 2 is 1.59 bits per heavy atom. The summed E-state index contributed by atoms with van der Waals surface area (Å²) in [6.07, 6.45) is 1.40. The summed E-state index contributed by atoms with van der Waals surface area (Å²) < 4.78 is 10.5. The van der Waals surface area contributed by atoms with E-state index in [0.717, 1.165) is 12.8 Å². The lowest BCUT2D eigenvalue weighted by atomic mass is 9.98. The zero-order valence-electron chi connectivity index (χ0n) is 16.8. The minimum atomic E-state index is -0.459. The van der Waals surface area contributed by atoms with Gasteiger partial charge >= 0.3 is 12.1 Å². The van der Waals surface area contributed by atoms with Gasteiger partial charge in [0.25, 0.3) is 0 Å². The Hall–Kier alpha value is -2.86. The van der Waals surface area contributed by atoms with Crippen LogP contribution in [0.1, 0.15) is 36.8 Å². The molecule has 6 nitrogen and oxygen atoms in total. The maximum atomic E-state index is 12.0. The minimum absolute atomic E-state index is 0.0455. The fourth-order valence-electron chi connectivity index (χ4n) is 3.47. The van der Waals surface area contributed by atoms with E-state index in [2.05, 4.69) is 34.9 Å². The third-order valence-corrected chi connectivity index (χ3v) is 4.95. The molecule has 2 N–H and O–H groups in total. The number of fused-ring (bicyclic) bond motifs is 3. The molecule has 1 aliphatic rings. The zero-order valence-corrected chi connectivity index (χ0v) is 16.8. The predicted molar refractivity (Wildman–Crippen MR) is 112 cm³/mol. The molecule has 29 heavy (non-hydrogen) atoms. The summed E-state index contributed by atoms with van der Waals surface area (Å²) in [6.45, 7) is 3.76. The molecule has 0 bridgehead atoms. The first-order valence-corrected chi connectivity index (χ1v) is 10.2. The van der Waals surface area contributed by atoms with Crippen molar-refractivity contribution in [3.05, 3.63) is 59.7 Å². The molecule has 1 amide bonds. The van der Waals surface area contributed by atoms with Crippen molar-refractivity contribution in [3.63, 3.8) is 0 Å². The van der Waals surface area contributed by atoms with Gasteiger partial charge in [-0.15, -0.1) is 0 Å². The van der Waals surface area contributed by atoms with Gasteiger partial charge in [0, 0.05) is 19.0 Å². The molecule has 1 aliphatic carbocycles. The van der Waals surface area contributed by atoms with Gasteiger partial charge in [0.15, 0.2) is 0 Å². The first kappa shape index (κ1) is 20.9. The number of ether oxygens (including phenoxy) is 2. The van der Waals surface area contributed by atoms with E-state index in [0.29, 0.717) is 19.7 Å². The van der Waals surface area contributed by atoms with Crippen molar-refractivity contribution in [2.75, 3.05) is 32.8 Å². The summed E-state index contributed by atoms with van der Waals surface area (Å²) in [5.74, 6) is -0.233. The molecule has 0 fully saturated rings. The summed E-state index contributed by atoms with van der Waals surface area (Å²) >= 11 is 0. The summed E-state index contributed by atoms with van der Waals surface area (Å²) in [5.41, 5.74) is 4.77. The van der Waals surface area contributed by atoms with Gasteiger partial charge in [-0.05, 0) is 28.7 Å². The number of amides is 1. The predicted octanol–water partition coefficient (Wildman–Crippen LogP) is 3.46. The molecule has 2 aromatic carbocycles. The van der Waals surface area contributed by atoms with E-state index in [1.807, 2.05) is 31.2 Å². The third kappa shape index (κ3) is 5.57. The average molecular weight is 396 g/mol. The van der Waals surface area contributed by atoms with Crippen molar-refractivity contribution < 1.29 is 19.1 Å². The van der Waals surface area contributed by atoms with E-state index in [4.69, 9.17) is 9.47 Å². The second-order valence-electron chi connectivity index (χ2n) is 7.00. The molecule has 0 heterocycles. The highest BCUT2D eigenvalue weighted by atomic mass is 16.5. The van der Waals surface area contributed by atoms with Crippen molar-refractivity contribution in [3.8, 4) is 11.1 Å². The minimum Gasteiger partial charge on any atom is -0.465 e. The number of unbranched alkanes of at least 4 members (excludes halogenated alkanes) is 1. The summed E-state index contributed by atoms with van der Waals surface area (Å²) in [7, 11) is 0. The van der Waals surface area contributed by atoms with Gasteiger partial charge in [0.05, 0.1) is 13.2 Å². The highest BCUT2D eigenvalue weighted by Crippen LogP contribution is 2.44. The van der Waals surface area contributed by atoms with Crippen LogP contribution in [0.3, 0.4) is 0 Å². The fourth-order valence-corrected chi connectivity index (χ4v) is 3.47. The maximum Gasteiger partial charge on any atom is 0.407 e. The number of carbonyl (C=O) groups excluding carboxylic acids is 2. The van der Waals surface area contributed by atoms with Crippen LogP contribution in [-0.2, 0) is 14.3 Å². The number of hydrogen-bond donors (Lipinski definition) is 2. The largest absolute Gasteiger partial charge is 0.465 e. The van der Waals surface area contributed by atoms with Crippen LogP contribution in [0, 0.1) is 0 Å². The molecule has 0 spiro atoms. The molecular weight excluding hydrogens is 368 g/mol. The summed E-state index contributed by atoms with van der Waals surface area (Å²) in [5, 5.41) is 5.65. The highest BCUT2D eigenvalue weighted by Gasteiger charge is 2.28. The summed E-state index contributed by atoms with van der Waals surface area (Å²) in [6, 6.07) is 16.5. The molecule has 0 saturated heterocycles. The molecule has 3 rings (SSSR count). The Morgan fingerprint density at radius 3 is 2.24 bits per heavy atom. The van der Waals surface area contributed by atoms with E-state index >= 15 is 0 Å². The van der Waals surface area contributed by atoms with Crippen LogP contribution >= 0.6 is 0 Å². The zero-order chi connectivity index (χ0) is 20.5. The molecule has 2 aromatic rings. The second kappa shape index (κ2) is 10.6. The van der Waals surface area contributed by atoms with Crippen LogP contribution in [0.25, 0.3) is 11.1 Å². The molecule has 0 saturated carbocycles. The Kier molecular flexibility index (Phi) is 7.64. The van der Waals surface area contributed by atoms with Crippen LogP contribution < -0.4 is 10.6 Å². The Bertz CT molecular complexity index is 792. The molecule has 6 heteroatoms. The lowest BCUT2D eigenvalue weighted by Crippen LogP contribution is -2.35. The number of benzene rings is 2. The van der Waals surface area contributed by atoms with Crippen LogP contribution in [0.5, 0.6) is 0 Å². The average Bonchev–Trinajstić information content (AvgIpc) is 3.06. The highest BCUT2D eigenvalue weighted by molar-refractivity contribution is 5.79. The van der Waals surface area contributed by atoms with Gasteiger partial charge in [-0.25, -0.2) is 4.79 Å². The first-order valence-electron chi connectivity index (χ1n) is 10.2. The van der Waals surface area contributed by atoms with Gasteiger partial charge in [0.2, 0.25) is 0 Å². The van der Waals surface area contributed by atoms with Gasteiger partial charge in [0.1, 0.15) is 6.61 Å². The molecule has 0 atom stereocenters. The number of esters is 1. The van der Waals surface area contributed by atoms with Crippen LogP contribution in [0.2, 0.25) is 0 Å². The number of alkyl carbamates (subject to hydrolysis) is 1. The first-order chi connectivity index (χ1) is 14.2. The van der Waals surface area contributed by atoms with Crippen molar-refractivity contribution in [1.82, 2.24) is 10.6 Å². The van der Waals surface area contributed by atoms with E-state index in [9.17, 15) is 9.59 Å². The number of nitrogens with one attached hydrogen (secondary N) is 2. The van der Waals surface area contributed by atoms with Crippen LogP contribution in [0.4, 0.5) is 4.79 Å². The lowest BCUT2D eigenvalue weighted by molar-refractivity contribution is -0.142. The lowest BCUT2D eigenvalue weighted by Gasteiger charge is -2.14. The molecule has 0 aliphatic heterocycles. The van der Waals surface area contributed by atoms with Crippen molar-refractivity contribution in [2.45, 2.75) is 25.7 Å². The van der Waals surface area contributed by atoms with E-state index in [1.54, 1.807) is 0 Å². The van der Waals surface area contributed by atoms with Crippen molar-refractivity contribution in [2.24, 2.45) is 0 Å². The van der Waals surface area contributed by atoms with Crippen molar-refractivity contribution >= 4 is 12.1 Å². The van der Waals surface area contributed by atoms with E-state index < -0.39 is 6.09 Å². The summed E-state index contributed by atoms with van der Waals surface area (Å²) in [4.78, 5) is 23.5. The molecular formula is C23H28N2O4. The molecule has 0 unspecified atom stereocenters. The Labute approximate surface area is 171 Å². The van der Waals surface area contributed by atoms with E-state index in [-0.39, 0.29) is 25.0 Å². The second-order valence-corrected chi connectivity index (χ2v) is 7.00. The number of carbonyl (C=O) groups is 2. The Balaban J connectivity index is 1.39. The van der Waals surface area contributed by atoms with Gasteiger partial charge < -0.3 is 20.1 Å². The van der Waals surface area contributed by atoms with Gasteiger partial charge in [-0.1, -0.05) is 61.9 Å². The maximum absolute atomic E-state index is 12.0. The number of rotatable bonds is 10. The van der Waals surface area contributed by atoms with E-state index in [1.165, 1.54) is 22.3 Å². The van der Waals surface area contributed by atoms with Crippen molar-refractivity contribution in [1.29, 1.82) is 0 Å². The standard InChI is InChI=1S/C23H28N2O4/c1-2-3-14-28-22(26)15-24-12-13-25-23(27)29-16-21-19-10-6-4-8-17(19)18-9-5-7-11-20(18)21/h4-11,21,24H,2-3,12-16H2,1H3,(H,25,27). The van der Waals surface area contributed by atoms with Crippen LogP contribution in [0.15, 0.2) is 48.5 Å². The normalized spacial score (nSPS) is 12.2. The SMILES string of the molecule is CCCCOC(=O)CNCCNC(=O)OCC1c2ccccc2-c2ccccc21. The number of hydrogen-bond acceptors (Lipinski definition) is 5. The van der Waals surface area contributed by atoms with Gasteiger partial charge in [-0.3, -0.25) is 4.79 Å². The quantitative estimate of drug-likeness (QED) is 0.475. The third-order valence-electron chi connectivity index (χ3n) is 4.95.